The maximum absolute atomic E-state index is 12.2. The summed E-state index contributed by atoms with van der Waals surface area (Å²) < 4.78 is 0.903. The van der Waals surface area contributed by atoms with Gasteiger partial charge in [0.05, 0.1) is 0 Å². The molecule has 1 aromatic carbocycles. The van der Waals surface area contributed by atoms with Crippen LogP contribution in [0.5, 0.6) is 0 Å². The number of Topliss-reactive ketones (excluding diaryl/α,β-unsaturated/α-hetero) is 1. The van der Waals surface area contributed by atoms with Crippen molar-refractivity contribution in [3.05, 3.63) is 34.3 Å². The molecule has 1 saturated heterocycles. The molecule has 0 amide bonds. The van der Waals surface area contributed by atoms with Gasteiger partial charge in [0, 0.05) is 16.5 Å². The molecule has 1 heterocycles. The average molecular weight is 340 g/mol. The van der Waals surface area contributed by atoms with Crippen molar-refractivity contribution in [1.29, 1.82) is 0 Å². The highest BCUT2D eigenvalue weighted by molar-refractivity contribution is 9.10. The molecule has 0 bridgehead atoms. The topological polar surface area (TPSA) is 57.6 Å². The van der Waals surface area contributed by atoms with Crippen molar-refractivity contribution in [2.45, 2.75) is 31.7 Å². The van der Waals surface area contributed by atoms with Gasteiger partial charge in [-0.2, -0.15) is 0 Å². The van der Waals surface area contributed by atoms with E-state index in [0.29, 0.717) is 5.56 Å². The molecule has 5 heteroatoms. The van der Waals surface area contributed by atoms with Crippen LogP contribution in [0.3, 0.4) is 0 Å². The molecule has 108 valence electrons. The molecule has 0 radical (unpaired) electrons. The maximum Gasteiger partial charge on any atom is 0.321 e. The summed E-state index contributed by atoms with van der Waals surface area (Å²) in [6, 6.07) is 6.34. The summed E-state index contributed by atoms with van der Waals surface area (Å²) in [5, 5.41) is 9.36. The average Bonchev–Trinajstić information content (AvgIpc) is 2.46. The highest BCUT2D eigenvalue weighted by atomic mass is 79.9. The minimum absolute atomic E-state index is 0.0387. The minimum Gasteiger partial charge on any atom is -0.480 e. The van der Waals surface area contributed by atoms with Crippen LogP contribution in [0.2, 0.25) is 0 Å². The number of halogens is 1. The summed E-state index contributed by atoms with van der Waals surface area (Å²) in [5.41, 5.74) is 0.566. The SMILES string of the molecule is O=C(CC(C(=O)O)N1CCCCC1)c1ccc(Br)cc1. The second kappa shape index (κ2) is 6.99. The Balaban J connectivity index is 2.05. The Bertz CT molecular complexity index is 480. The first-order valence-corrected chi connectivity index (χ1v) is 7.63. The molecule has 1 atom stereocenters. The van der Waals surface area contributed by atoms with Crippen LogP contribution in [-0.2, 0) is 4.79 Å². The Hall–Kier alpha value is -1.20. The van der Waals surface area contributed by atoms with Crippen LogP contribution in [0.15, 0.2) is 28.7 Å². The van der Waals surface area contributed by atoms with Gasteiger partial charge < -0.3 is 5.11 Å². The highest BCUT2D eigenvalue weighted by Gasteiger charge is 2.29. The molecule has 1 fully saturated rings. The minimum atomic E-state index is -0.905. The van der Waals surface area contributed by atoms with Gasteiger partial charge in [0.1, 0.15) is 6.04 Å². The Morgan fingerprint density at radius 3 is 2.30 bits per heavy atom. The summed E-state index contributed by atoms with van der Waals surface area (Å²) in [6.45, 7) is 1.54. The van der Waals surface area contributed by atoms with E-state index in [9.17, 15) is 14.7 Å². The molecule has 0 spiro atoms. The van der Waals surface area contributed by atoms with E-state index in [0.717, 1.165) is 36.8 Å². The monoisotopic (exact) mass is 339 g/mol. The van der Waals surface area contributed by atoms with Crippen LogP contribution in [0, 0.1) is 0 Å². The van der Waals surface area contributed by atoms with Crippen molar-refractivity contribution < 1.29 is 14.7 Å². The molecule has 1 unspecified atom stereocenters. The van der Waals surface area contributed by atoms with Crippen LogP contribution in [0.4, 0.5) is 0 Å². The van der Waals surface area contributed by atoms with Crippen LogP contribution in [0.1, 0.15) is 36.0 Å². The van der Waals surface area contributed by atoms with E-state index in [-0.39, 0.29) is 12.2 Å². The van der Waals surface area contributed by atoms with E-state index >= 15 is 0 Å². The van der Waals surface area contributed by atoms with E-state index in [4.69, 9.17) is 0 Å². The molecule has 1 aromatic rings. The zero-order chi connectivity index (χ0) is 14.5. The van der Waals surface area contributed by atoms with E-state index < -0.39 is 12.0 Å². The van der Waals surface area contributed by atoms with Crippen molar-refractivity contribution in [1.82, 2.24) is 4.90 Å². The standard InChI is InChI=1S/C15H18BrNO3/c16-12-6-4-11(5-7-12)14(18)10-13(15(19)20)17-8-2-1-3-9-17/h4-7,13H,1-3,8-10H2,(H,19,20). The van der Waals surface area contributed by atoms with E-state index in [1.54, 1.807) is 24.3 Å². The Morgan fingerprint density at radius 2 is 1.75 bits per heavy atom. The summed E-state index contributed by atoms with van der Waals surface area (Å²) >= 11 is 3.32. The lowest BCUT2D eigenvalue weighted by Gasteiger charge is -2.31. The number of carbonyl (C=O) groups excluding carboxylic acids is 1. The number of piperidine rings is 1. The lowest BCUT2D eigenvalue weighted by Crippen LogP contribution is -2.45. The van der Waals surface area contributed by atoms with Gasteiger partial charge in [-0.15, -0.1) is 0 Å². The molecule has 1 aliphatic rings. The fraction of sp³-hybridized carbons (Fsp3) is 0.467. The lowest BCUT2D eigenvalue weighted by molar-refractivity contribution is -0.143. The zero-order valence-electron chi connectivity index (χ0n) is 11.2. The molecule has 0 aromatic heterocycles. The highest BCUT2D eigenvalue weighted by Crippen LogP contribution is 2.18. The number of nitrogens with zero attached hydrogens (tertiary/aromatic N) is 1. The maximum atomic E-state index is 12.2. The molecule has 4 nitrogen and oxygen atoms in total. The molecule has 2 rings (SSSR count). The first-order valence-electron chi connectivity index (χ1n) is 6.83. The van der Waals surface area contributed by atoms with E-state index in [1.807, 2.05) is 4.90 Å². The number of ketones is 1. The Kier molecular flexibility index (Phi) is 5.31. The molecule has 20 heavy (non-hydrogen) atoms. The summed E-state index contributed by atoms with van der Waals surface area (Å²) in [4.78, 5) is 25.5. The van der Waals surface area contributed by atoms with Crippen LogP contribution in [0.25, 0.3) is 0 Å². The first kappa shape index (κ1) is 15.2. The van der Waals surface area contributed by atoms with Crippen molar-refractivity contribution in [3.63, 3.8) is 0 Å². The van der Waals surface area contributed by atoms with Crippen molar-refractivity contribution in [2.75, 3.05) is 13.1 Å². The number of rotatable bonds is 5. The fourth-order valence-electron chi connectivity index (χ4n) is 2.53. The lowest BCUT2D eigenvalue weighted by atomic mass is 10.0. The number of likely N-dealkylation sites (tertiary alicyclic amines) is 1. The van der Waals surface area contributed by atoms with Gasteiger partial charge in [-0.1, -0.05) is 34.5 Å². The normalized spacial score (nSPS) is 17.6. The first-order chi connectivity index (χ1) is 9.58. The largest absolute Gasteiger partial charge is 0.480 e. The van der Waals surface area contributed by atoms with E-state index in [2.05, 4.69) is 15.9 Å². The fourth-order valence-corrected chi connectivity index (χ4v) is 2.80. The van der Waals surface area contributed by atoms with E-state index in [1.165, 1.54) is 0 Å². The van der Waals surface area contributed by atoms with Gasteiger partial charge in [-0.25, -0.2) is 0 Å². The summed E-state index contributed by atoms with van der Waals surface area (Å²) in [5.74, 6) is -1.02. The van der Waals surface area contributed by atoms with Gasteiger partial charge in [-0.3, -0.25) is 14.5 Å². The van der Waals surface area contributed by atoms with Gasteiger partial charge in [0.2, 0.25) is 0 Å². The van der Waals surface area contributed by atoms with Gasteiger partial charge in [0.25, 0.3) is 0 Å². The number of carboxylic acid groups (broad SMARTS) is 1. The molecule has 0 aliphatic carbocycles. The predicted octanol–water partition coefficient (Wildman–Crippen LogP) is 2.96. The Labute approximate surface area is 126 Å². The quantitative estimate of drug-likeness (QED) is 0.838. The number of benzene rings is 1. The Morgan fingerprint density at radius 1 is 1.15 bits per heavy atom. The van der Waals surface area contributed by atoms with Gasteiger partial charge in [-0.05, 0) is 38.1 Å². The van der Waals surface area contributed by atoms with Crippen LogP contribution >= 0.6 is 15.9 Å². The number of aliphatic carboxylic acids is 1. The molecule has 1 N–H and O–H groups in total. The third-order valence-corrected chi connectivity index (χ3v) is 4.19. The van der Waals surface area contributed by atoms with Crippen molar-refractivity contribution in [3.8, 4) is 0 Å². The second-order valence-electron chi connectivity index (χ2n) is 5.08. The van der Waals surface area contributed by atoms with Crippen LogP contribution < -0.4 is 0 Å². The number of carboxylic acids is 1. The number of hydrogen-bond acceptors (Lipinski definition) is 3. The summed E-state index contributed by atoms with van der Waals surface area (Å²) in [7, 11) is 0. The van der Waals surface area contributed by atoms with Crippen molar-refractivity contribution in [2.24, 2.45) is 0 Å². The number of carbonyl (C=O) groups is 2. The van der Waals surface area contributed by atoms with Crippen molar-refractivity contribution >= 4 is 27.7 Å². The third kappa shape index (κ3) is 3.90. The predicted molar refractivity (Wildman–Crippen MR) is 79.9 cm³/mol. The smallest absolute Gasteiger partial charge is 0.321 e. The number of hydrogen-bond donors (Lipinski definition) is 1. The molecular weight excluding hydrogens is 322 g/mol. The second-order valence-corrected chi connectivity index (χ2v) is 6.00. The van der Waals surface area contributed by atoms with Crippen LogP contribution in [-0.4, -0.2) is 40.9 Å². The molecule has 0 saturated carbocycles. The molecular formula is C15H18BrNO3. The third-order valence-electron chi connectivity index (χ3n) is 3.66. The zero-order valence-corrected chi connectivity index (χ0v) is 12.8. The summed E-state index contributed by atoms with van der Waals surface area (Å²) in [6.07, 6.45) is 3.20. The van der Waals surface area contributed by atoms with Gasteiger partial charge in [0.15, 0.2) is 5.78 Å². The molecule has 1 aliphatic heterocycles. The van der Waals surface area contributed by atoms with Gasteiger partial charge >= 0.3 is 5.97 Å².